The lowest BCUT2D eigenvalue weighted by Gasteiger charge is -2.32. The van der Waals surface area contributed by atoms with Crippen LogP contribution in [0.15, 0.2) is 18.2 Å². The van der Waals surface area contributed by atoms with Gasteiger partial charge in [-0.2, -0.15) is 5.26 Å². The van der Waals surface area contributed by atoms with Crippen LogP contribution in [0, 0.1) is 11.3 Å². The number of hydrogen-bond acceptors (Lipinski definition) is 3. The molecule has 1 aromatic carbocycles. The Kier molecular flexibility index (Phi) is 4.56. The monoisotopic (exact) mass is 311 g/mol. The van der Waals surface area contributed by atoms with Crippen molar-refractivity contribution in [3.8, 4) is 6.07 Å². The average Bonchev–Trinajstić information content (AvgIpc) is 3.03. The van der Waals surface area contributed by atoms with E-state index in [0.717, 1.165) is 50.6 Å². The zero-order valence-electron chi connectivity index (χ0n) is 13.8. The number of carbonyl (C=O) groups excluding carboxylic acids is 1. The fraction of sp³-hybridized carbons (Fsp3) is 0.579. The summed E-state index contributed by atoms with van der Waals surface area (Å²) in [6, 6.07) is 8.37. The van der Waals surface area contributed by atoms with Crippen LogP contribution >= 0.6 is 0 Å². The SMILES string of the molecule is CC(Nc1ccc2c(c1)CCC2)C(=O)NC1(C#N)CCCCC1. The maximum absolute atomic E-state index is 12.5. The van der Waals surface area contributed by atoms with Crippen molar-refractivity contribution in [2.45, 2.75) is 69.9 Å². The molecule has 0 spiro atoms. The molecule has 122 valence electrons. The second-order valence-corrected chi connectivity index (χ2v) is 6.95. The van der Waals surface area contributed by atoms with E-state index in [-0.39, 0.29) is 11.9 Å². The Hall–Kier alpha value is -2.02. The minimum atomic E-state index is -0.663. The molecule has 0 heterocycles. The van der Waals surface area contributed by atoms with Crippen molar-refractivity contribution < 1.29 is 4.79 Å². The lowest BCUT2D eigenvalue weighted by atomic mass is 9.82. The molecule has 0 aromatic heterocycles. The van der Waals surface area contributed by atoms with Gasteiger partial charge in [0, 0.05) is 5.69 Å². The molecule has 1 unspecified atom stereocenters. The van der Waals surface area contributed by atoms with Gasteiger partial charge in [0.15, 0.2) is 0 Å². The van der Waals surface area contributed by atoms with Gasteiger partial charge in [-0.05, 0) is 62.3 Å². The lowest BCUT2D eigenvalue weighted by molar-refractivity contribution is -0.123. The maximum atomic E-state index is 12.5. The molecular weight excluding hydrogens is 286 g/mol. The third kappa shape index (κ3) is 3.50. The third-order valence-electron chi connectivity index (χ3n) is 5.16. The van der Waals surface area contributed by atoms with Crippen LogP contribution in [0.4, 0.5) is 5.69 Å². The van der Waals surface area contributed by atoms with Gasteiger partial charge >= 0.3 is 0 Å². The van der Waals surface area contributed by atoms with E-state index < -0.39 is 5.54 Å². The van der Waals surface area contributed by atoms with Crippen molar-refractivity contribution in [2.24, 2.45) is 0 Å². The molecule has 4 nitrogen and oxygen atoms in total. The summed E-state index contributed by atoms with van der Waals surface area (Å²) in [7, 11) is 0. The van der Waals surface area contributed by atoms with Crippen molar-refractivity contribution in [3.05, 3.63) is 29.3 Å². The number of hydrogen-bond donors (Lipinski definition) is 2. The molecule has 1 fully saturated rings. The normalized spacial score (nSPS) is 20.2. The molecule has 0 radical (unpaired) electrons. The minimum Gasteiger partial charge on any atom is -0.374 e. The summed E-state index contributed by atoms with van der Waals surface area (Å²) in [6.45, 7) is 1.86. The zero-order chi connectivity index (χ0) is 16.3. The minimum absolute atomic E-state index is 0.0889. The van der Waals surface area contributed by atoms with Gasteiger partial charge in [0.2, 0.25) is 5.91 Å². The Morgan fingerprint density at radius 1 is 1.17 bits per heavy atom. The van der Waals surface area contributed by atoms with E-state index in [2.05, 4.69) is 34.9 Å². The van der Waals surface area contributed by atoms with Crippen LogP contribution in [0.1, 0.15) is 56.6 Å². The van der Waals surface area contributed by atoms with Gasteiger partial charge in [0.1, 0.15) is 11.6 Å². The molecule has 1 atom stereocenters. The van der Waals surface area contributed by atoms with Crippen LogP contribution in [0.2, 0.25) is 0 Å². The number of rotatable bonds is 4. The van der Waals surface area contributed by atoms with Crippen LogP contribution in [-0.2, 0) is 17.6 Å². The Bertz CT molecular complexity index is 626. The standard InChI is InChI=1S/C19H25N3O/c1-14(18(23)22-19(13-20)10-3-2-4-11-19)21-17-9-8-15-6-5-7-16(15)12-17/h8-9,12,14,21H,2-7,10-11H2,1H3,(H,22,23). The summed E-state index contributed by atoms with van der Waals surface area (Å²) in [6.07, 6.45) is 8.23. The highest BCUT2D eigenvalue weighted by molar-refractivity contribution is 5.85. The van der Waals surface area contributed by atoms with Gasteiger partial charge < -0.3 is 10.6 Å². The van der Waals surface area contributed by atoms with Crippen LogP contribution in [0.3, 0.4) is 0 Å². The molecule has 3 rings (SSSR count). The molecule has 0 saturated heterocycles. The fourth-order valence-corrected chi connectivity index (χ4v) is 3.74. The molecule has 1 saturated carbocycles. The quantitative estimate of drug-likeness (QED) is 0.896. The van der Waals surface area contributed by atoms with Crippen molar-refractivity contribution in [1.82, 2.24) is 5.32 Å². The summed E-state index contributed by atoms with van der Waals surface area (Å²) in [5.41, 5.74) is 3.15. The first-order valence-corrected chi connectivity index (χ1v) is 8.73. The number of nitriles is 1. The largest absolute Gasteiger partial charge is 0.374 e. The highest BCUT2D eigenvalue weighted by Gasteiger charge is 2.34. The molecule has 2 N–H and O–H groups in total. The predicted molar refractivity (Wildman–Crippen MR) is 91.1 cm³/mol. The number of amides is 1. The second-order valence-electron chi connectivity index (χ2n) is 6.95. The third-order valence-corrected chi connectivity index (χ3v) is 5.16. The van der Waals surface area contributed by atoms with E-state index in [0.29, 0.717) is 0 Å². The number of benzene rings is 1. The van der Waals surface area contributed by atoms with E-state index >= 15 is 0 Å². The molecule has 4 heteroatoms. The number of nitrogens with zero attached hydrogens (tertiary/aromatic N) is 1. The number of aryl methyl sites for hydroxylation is 2. The van der Waals surface area contributed by atoms with Crippen molar-refractivity contribution >= 4 is 11.6 Å². The zero-order valence-corrected chi connectivity index (χ0v) is 13.8. The topological polar surface area (TPSA) is 64.9 Å². The predicted octanol–water partition coefficient (Wildman–Crippen LogP) is 3.32. The molecule has 1 aromatic rings. The van der Waals surface area contributed by atoms with Crippen LogP contribution < -0.4 is 10.6 Å². The van der Waals surface area contributed by atoms with Gasteiger partial charge in [0.25, 0.3) is 0 Å². The smallest absolute Gasteiger partial charge is 0.243 e. The Labute approximate surface area is 138 Å². The Balaban J connectivity index is 1.62. The highest BCUT2D eigenvalue weighted by Crippen LogP contribution is 2.28. The summed E-state index contributed by atoms with van der Waals surface area (Å²) < 4.78 is 0. The first-order chi connectivity index (χ1) is 11.1. The molecule has 23 heavy (non-hydrogen) atoms. The maximum Gasteiger partial charge on any atom is 0.243 e. The van der Waals surface area contributed by atoms with E-state index in [4.69, 9.17) is 0 Å². The molecule has 0 bridgehead atoms. The first kappa shape index (κ1) is 15.9. The van der Waals surface area contributed by atoms with E-state index in [1.54, 1.807) is 0 Å². The fourth-order valence-electron chi connectivity index (χ4n) is 3.74. The van der Waals surface area contributed by atoms with Crippen molar-refractivity contribution in [3.63, 3.8) is 0 Å². The molecule has 0 aliphatic heterocycles. The van der Waals surface area contributed by atoms with Gasteiger partial charge in [-0.1, -0.05) is 25.3 Å². The van der Waals surface area contributed by atoms with E-state index in [9.17, 15) is 10.1 Å². The number of nitrogens with one attached hydrogen (secondary N) is 2. The summed E-state index contributed by atoms with van der Waals surface area (Å²) in [5.74, 6) is -0.0889. The lowest BCUT2D eigenvalue weighted by Crippen LogP contribution is -2.52. The van der Waals surface area contributed by atoms with E-state index in [1.165, 1.54) is 17.5 Å². The van der Waals surface area contributed by atoms with Crippen LogP contribution in [0.5, 0.6) is 0 Å². The summed E-state index contributed by atoms with van der Waals surface area (Å²) in [4.78, 5) is 12.5. The van der Waals surface area contributed by atoms with Crippen LogP contribution in [0.25, 0.3) is 0 Å². The van der Waals surface area contributed by atoms with E-state index in [1.807, 2.05) is 6.92 Å². The summed E-state index contributed by atoms with van der Waals surface area (Å²) >= 11 is 0. The van der Waals surface area contributed by atoms with Crippen LogP contribution in [-0.4, -0.2) is 17.5 Å². The first-order valence-electron chi connectivity index (χ1n) is 8.73. The average molecular weight is 311 g/mol. The van der Waals surface area contributed by atoms with Gasteiger partial charge in [-0.3, -0.25) is 4.79 Å². The van der Waals surface area contributed by atoms with Gasteiger partial charge in [-0.25, -0.2) is 0 Å². The summed E-state index contributed by atoms with van der Waals surface area (Å²) in [5, 5.41) is 15.8. The number of anilines is 1. The Morgan fingerprint density at radius 3 is 2.65 bits per heavy atom. The highest BCUT2D eigenvalue weighted by atomic mass is 16.2. The second kappa shape index (κ2) is 6.62. The molecule has 1 amide bonds. The van der Waals surface area contributed by atoms with Crippen molar-refractivity contribution in [1.29, 1.82) is 5.26 Å². The van der Waals surface area contributed by atoms with Gasteiger partial charge in [0.05, 0.1) is 6.07 Å². The molecule has 2 aliphatic carbocycles. The van der Waals surface area contributed by atoms with Crippen molar-refractivity contribution in [2.75, 3.05) is 5.32 Å². The van der Waals surface area contributed by atoms with Gasteiger partial charge in [-0.15, -0.1) is 0 Å². The Morgan fingerprint density at radius 2 is 1.91 bits per heavy atom. The number of fused-ring (bicyclic) bond motifs is 1. The number of carbonyl (C=O) groups is 1. The molecule has 2 aliphatic rings. The molecular formula is C19H25N3O.